The smallest absolute Gasteiger partial charge is 0.0480 e. The molecule has 0 aromatic carbocycles. The normalized spacial score (nSPS) is 31.7. The molecule has 14 heavy (non-hydrogen) atoms. The molecule has 82 valence electrons. The van der Waals surface area contributed by atoms with Crippen molar-refractivity contribution < 1.29 is 4.74 Å². The summed E-state index contributed by atoms with van der Waals surface area (Å²) in [5.41, 5.74) is 0.693. The summed E-state index contributed by atoms with van der Waals surface area (Å²) in [6.07, 6.45) is 2.51. The Balaban J connectivity index is 0.000000750. The predicted octanol–water partition coefficient (Wildman–Crippen LogP) is 0.492. The molecule has 3 fully saturated rings. The molecule has 3 aliphatic rings. The van der Waals surface area contributed by atoms with Crippen LogP contribution in [-0.4, -0.2) is 50.3 Å². The predicted molar refractivity (Wildman–Crippen MR) is 58.0 cm³/mol. The first-order chi connectivity index (χ1) is 6.38. The summed E-state index contributed by atoms with van der Waals surface area (Å²) in [4.78, 5) is 2.66. The number of hydrogen-bond donors (Lipinski definition) is 1. The van der Waals surface area contributed by atoms with Crippen LogP contribution in [0.3, 0.4) is 0 Å². The standard InChI is InChI=1S/C10H18N2O.ClH/c1-3-13-4-2-9(1)12-7-10(8-12)5-11-6-10;/h9,11H,1-8H2;1H. The van der Waals surface area contributed by atoms with Crippen LogP contribution in [0, 0.1) is 5.41 Å². The highest BCUT2D eigenvalue weighted by atomic mass is 35.5. The van der Waals surface area contributed by atoms with Crippen molar-refractivity contribution in [3.8, 4) is 0 Å². The van der Waals surface area contributed by atoms with Crippen molar-refractivity contribution in [2.24, 2.45) is 5.41 Å². The van der Waals surface area contributed by atoms with Gasteiger partial charge in [-0.1, -0.05) is 0 Å². The van der Waals surface area contributed by atoms with Gasteiger partial charge < -0.3 is 10.1 Å². The van der Waals surface area contributed by atoms with E-state index in [4.69, 9.17) is 4.74 Å². The molecule has 3 rings (SSSR count). The van der Waals surface area contributed by atoms with Gasteiger partial charge in [-0.2, -0.15) is 0 Å². The number of ether oxygens (including phenoxy) is 1. The largest absolute Gasteiger partial charge is 0.381 e. The number of hydrogen-bond acceptors (Lipinski definition) is 3. The van der Waals surface area contributed by atoms with Crippen LogP contribution < -0.4 is 5.32 Å². The average molecular weight is 219 g/mol. The fraction of sp³-hybridized carbons (Fsp3) is 1.00. The topological polar surface area (TPSA) is 24.5 Å². The molecule has 3 saturated heterocycles. The van der Waals surface area contributed by atoms with Crippen LogP contribution in [0.4, 0.5) is 0 Å². The Bertz CT molecular complexity index is 194. The molecule has 0 aromatic heterocycles. The van der Waals surface area contributed by atoms with Crippen molar-refractivity contribution >= 4 is 12.4 Å². The lowest BCUT2D eigenvalue weighted by molar-refractivity contribution is -0.0881. The fourth-order valence-corrected chi connectivity index (χ4v) is 2.83. The van der Waals surface area contributed by atoms with Gasteiger partial charge in [0.15, 0.2) is 0 Å². The van der Waals surface area contributed by atoms with E-state index in [-0.39, 0.29) is 12.4 Å². The first-order valence-corrected chi connectivity index (χ1v) is 5.41. The molecule has 0 unspecified atom stereocenters. The van der Waals surface area contributed by atoms with Crippen LogP contribution in [-0.2, 0) is 4.74 Å². The molecule has 1 spiro atoms. The maximum absolute atomic E-state index is 5.37. The second kappa shape index (κ2) is 3.97. The van der Waals surface area contributed by atoms with E-state index in [1.165, 1.54) is 39.0 Å². The van der Waals surface area contributed by atoms with Crippen molar-refractivity contribution in [3.05, 3.63) is 0 Å². The first kappa shape index (κ1) is 10.7. The second-order valence-corrected chi connectivity index (χ2v) is 4.85. The molecule has 3 heterocycles. The number of nitrogens with one attached hydrogen (secondary N) is 1. The minimum absolute atomic E-state index is 0. The summed E-state index contributed by atoms with van der Waals surface area (Å²) in [5, 5.41) is 3.38. The molecule has 0 atom stereocenters. The van der Waals surface area contributed by atoms with Crippen LogP contribution in [0.1, 0.15) is 12.8 Å². The van der Waals surface area contributed by atoms with Crippen molar-refractivity contribution in [3.63, 3.8) is 0 Å². The van der Waals surface area contributed by atoms with Gasteiger partial charge in [0.25, 0.3) is 0 Å². The lowest BCUT2D eigenvalue weighted by Gasteiger charge is -2.59. The molecule has 0 radical (unpaired) electrons. The number of rotatable bonds is 1. The Hall–Kier alpha value is 0.170. The minimum atomic E-state index is 0. The van der Waals surface area contributed by atoms with Gasteiger partial charge in [0.1, 0.15) is 0 Å². The quantitative estimate of drug-likeness (QED) is 0.694. The van der Waals surface area contributed by atoms with Gasteiger partial charge >= 0.3 is 0 Å². The maximum Gasteiger partial charge on any atom is 0.0480 e. The van der Waals surface area contributed by atoms with Gasteiger partial charge in [-0.3, -0.25) is 4.90 Å². The van der Waals surface area contributed by atoms with Crippen molar-refractivity contribution in [1.82, 2.24) is 10.2 Å². The Kier molecular flexibility index (Phi) is 3.03. The van der Waals surface area contributed by atoms with Gasteiger partial charge in [0.2, 0.25) is 0 Å². The number of likely N-dealkylation sites (tertiary alicyclic amines) is 1. The minimum Gasteiger partial charge on any atom is -0.381 e. The second-order valence-electron chi connectivity index (χ2n) is 4.85. The molecule has 3 aliphatic heterocycles. The Morgan fingerprint density at radius 3 is 2.29 bits per heavy atom. The van der Waals surface area contributed by atoms with E-state index < -0.39 is 0 Å². The highest BCUT2D eigenvalue weighted by Crippen LogP contribution is 2.36. The van der Waals surface area contributed by atoms with Gasteiger partial charge in [-0.25, -0.2) is 0 Å². The van der Waals surface area contributed by atoms with E-state index in [0.717, 1.165) is 19.3 Å². The molecule has 0 amide bonds. The van der Waals surface area contributed by atoms with E-state index in [1.807, 2.05) is 0 Å². The Morgan fingerprint density at radius 2 is 1.79 bits per heavy atom. The lowest BCUT2D eigenvalue weighted by Crippen LogP contribution is -2.72. The van der Waals surface area contributed by atoms with E-state index in [1.54, 1.807) is 0 Å². The molecule has 0 aromatic rings. The summed E-state index contributed by atoms with van der Waals surface area (Å²) < 4.78 is 5.37. The zero-order valence-electron chi connectivity index (χ0n) is 8.50. The molecule has 1 N–H and O–H groups in total. The molecular weight excluding hydrogens is 200 g/mol. The van der Waals surface area contributed by atoms with Gasteiger partial charge in [-0.05, 0) is 12.8 Å². The zero-order valence-corrected chi connectivity index (χ0v) is 9.31. The highest BCUT2D eigenvalue weighted by Gasteiger charge is 2.49. The lowest BCUT2D eigenvalue weighted by atomic mass is 9.73. The molecule has 0 saturated carbocycles. The van der Waals surface area contributed by atoms with Gasteiger partial charge in [0.05, 0.1) is 0 Å². The third-order valence-electron chi connectivity index (χ3n) is 3.78. The van der Waals surface area contributed by atoms with Gasteiger partial charge in [0, 0.05) is 50.8 Å². The zero-order chi connectivity index (χ0) is 8.73. The van der Waals surface area contributed by atoms with Crippen molar-refractivity contribution in [2.75, 3.05) is 39.4 Å². The Morgan fingerprint density at radius 1 is 1.14 bits per heavy atom. The summed E-state index contributed by atoms with van der Waals surface area (Å²) in [6, 6.07) is 0.833. The molecule has 4 heteroatoms. The van der Waals surface area contributed by atoms with Crippen LogP contribution in [0.25, 0.3) is 0 Å². The molecule has 3 nitrogen and oxygen atoms in total. The summed E-state index contributed by atoms with van der Waals surface area (Å²) in [7, 11) is 0. The highest BCUT2D eigenvalue weighted by molar-refractivity contribution is 5.85. The van der Waals surface area contributed by atoms with E-state index in [9.17, 15) is 0 Å². The Labute approximate surface area is 91.6 Å². The van der Waals surface area contributed by atoms with Crippen LogP contribution in [0.15, 0.2) is 0 Å². The summed E-state index contributed by atoms with van der Waals surface area (Å²) >= 11 is 0. The van der Waals surface area contributed by atoms with E-state index in [2.05, 4.69) is 10.2 Å². The average Bonchev–Trinajstić information content (AvgIpc) is 2.01. The molecule has 0 aliphatic carbocycles. The third-order valence-corrected chi connectivity index (χ3v) is 3.78. The summed E-state index contributed by atoms with van der Waals surface area (Å²) in [5.74, 6) is 0. The number of halogens is 1. The SMILES string of the molecule is C1CC(N2CC3(CNC3)C2)CCO1.Cl. The summed E-state index contributed by atoms with van der Waals surface area (Å²) in [6.45, 7) is 7.15. The van der Waals surface area contributed by atoms with E-state index in [0.29, 0.717) is 5.41 Å². The fourth-order valence-electron chi connectivity index (χ4n) is 2.83. The van der Waals surface area contributed by atoms with Crippen LogP contribution >= 0.6 is 12.4 Å². The monoisotopic (exact) mass is 218 g/mol. The van der Waals surface area contributed by atoms with Crippen molar-refractivity contribution in [1.29, 1.82) is 0 Å². The van der Waals surface area contributed by atoms with Crippen LogP contribution in [0.5, 0.6) is 0 Å². The first-order valence-electron chi connectivity index (χ1n) is 5.41. The molecular formula is C10H19ClN2O. The van der Waals surface area contributed by atoms with Crippen LogP contribution in [0.2, 0.25) is 0 Å². The van der Waals surface area contributed by atoms with Gasteiger partial charge in [-0.15, -0.1) is 12.4 Å². The third kappa shape index (κ3) is 1.67. The molecule has 0 bridgehead atoms. The van der Waals surface area contributed by atoms with Crippen molar-refractivity contribution in [2.45, 2.75) is 18.9 Å². The maximum atomic E-state index is 5.37. The van der Waals surface area contributed by atoms with E-state index >= 15 is 0 Å². The number of nitrogens with zero attached hydrogens (tertiary/aromatic N) is 1.